The number of hydrogen-bond donors (Lipinski definition) is 4. The average molecular weight is 496 g/mol. The Morgan fingerprint density at radius 3 is 1.31 bits per heavy atom. The van der Waals surface area contributed by atoms with Gasteiger partial charge in [-0.05, 0) is 80.3 Å². The van der Waals surface area contributed by atoms with Gasteiger partial charge in [0.05, 0.1) is 22.3 Å². The van der Waals surface area contributed by atoms with Crippen molar-refractivity contribution in [3.05, 3.63) is 58.7 Å². The van der Waals surface area contributed by atoms with Crippen LogP contribution in [0.1, 0.15) is 80.0 Å². The summed E-state index contributed by atoms with van der Waals surface area (Å²) >= 11 is 0. The Kier molecular flexibility index (Phi) is 5.42. The van der Waals surface area contributed by atoms with Gasteiger partial charge < -0.3 is 29.9 Å². The third-order valence-electron chi connectivity index (χ3n) is 7.53. The van der Waals surface area contributed by atoms with E-state index < -0.39 is 35.1 Å². The molecule has 0 saturated heterocycles. The van der Waals surface area contributed by atoms with Crippen LogP contribution in [0.5, 0.6) is 11.5 Å². The van der Waals surface area contributed by atoms with Crippen LogP contribution in [0, 0.1) is 11.8 Å². The number of ether oxygens (including phenoxy) is 2. The SMILES string of the molecule is O=C(O)c1ccc(OC23CC4CC(C2)CC(Oc2ccc(C(=O)O)c(C(=O)O)c2)(C4)C3)cc1C(=O)O. The van der Waals surface area contributed by atoms with Gasteiger partial charge in [-0.25, -0.2) is 19.2 Å². The summed E-state index contributed by atoms with van der Waals surface area (Å²) in [5, 5.41) is 37.5. The predicted octanol–water partition coefficient (Wildman–Crippen LogP) is 4.03. The lowest BCUT2D eigenvalue weighted by Crippen LogP contribution is -2.63. The van der Waals surface area contributed by atoms with Gasteiger partial charge in [-0.2, -0.15) is 0 Å². The third-order valence-corrected chi connectivity index (χ3v) is 7.53. The lowest BCUT2D eigenvalue weighted by molar-refractivity contribution is -0.177. The first kappa shape index (κ1) is 23.7. The molecular weight excluding hydrogens is 472 g/mol. The van der Waals surface area contributed by atoms with Crippen molar-refractivity contribution in [3.8, 4) is 11.5 Å². The number of rotatable bonds is 8. The number of carboxylic acid groups (broad SMARTS) is 4. The first-order chi connectivity index (χ1) is 17.0. The molecule has 10 nitrogen and oxygen atoms in total. The molecule has 0 aliphatic heterocycles. The number of benzene rings is 2. The van der Waals surface area contributed by atoms with Gasteiger partial charge in [-0.3, -0.25) is 0 Å². The molecular formula is C26H24O10. The standard InChI is InChI=1S/C26H24O10/c27-21(28)17-3-1-15(6-19(17)23(31)32)35-25-8-13-5-14(9-25)11-26(10-13,12-25)36-16-2-4-18(22(29)30)20(7-16)24(33)34/h1-4,6-7,13-14H,5,8-12H2,(H,27,28)(H,29,30)(H,31,32)(H,33,34). The van der Waals surface area contributed by atoms with Crippen molar-refractivity contribution < 1.29 is 49.1 Å². The molecule has 0 aromatic heterocycles. The fraction of sp³-hybridized carbons (Fsp3) is 0.385. The normalized spacial score (nSPS) is 27.9. The summed E-state index contributed by atoms with van der Waals surface area (Å²) in [6, 6.07) is 7.86. The first-order valence-electron chi connectivity index (χ1n) is 11.6. The van der Waals surface area contributed by atoms with Crippen molar-refractivity contribution in [2.24, 2.45) is 11.8 Å². The molecule has 36 heavy (non-hydrogen) atoms. The summed E-state index contributed by atoms with van der Waals surface area (Å²) in [6.45, 7) is 0. The Bertz CT molecular complexity index is 1190. The van der Waals surface area contributed by atoms with Gasteiger partial charge in [-0.15, -0.1) is 0 Å². The lowest BCUT2D eigenvalue weighted by Gasteiger charge is -2.60. The number of aromatic carboxylic acids is 4. The number of carbonyl (C=O) groups is 4. The second kappa shape index (κ2) is 8.25. The fourth-order valence-electron chi connectivity index (χ4n) is 6.74. The molecule has 4 aliphatic rings. The molecule has 0 unspecified atom stereocenters. The summed E-state index contributed by atoms with van der Waals surface area (Å²) in [4.78, 5) is 46.0. The topological polar surface area (TPSA) is 168 Å². The van der Waals surface area contributed by atoms with Crippen molar-refractivity contribution >= 4 is 23.9 Å². The van der Waals surface area contributed by atoms with E-state index in [2.05, 4.69) is 0 Å². The van der Waals surface area contributed by atoms with Crippen molar-refractivity contribution in [3.63, 3.8) is 0 Å². The van der Waals surface area contributed by atoms with Crippen LogP contribution in [-0.2, 0) is 0 Å². The maximum atomic E-state index is 11.6. The van der Waals surface area contributed by atoms with Crippen molar-refractivity contribution in [2.45, 2.75) is 49.7 Å². The summed E-state index contributed by atoms with van der Waals surface area (Å²) in [5.41, 5.74) is -2.62. The second-order valence-corrected chi connectivity index (χ2v) is 10.2. The summed E-state index contributed by atoms with van der Waals surface area (Å²) in [7, 11) is 0. The minimum absolute atomic E-state index is 0.272. The smallest absolute Gasteiger partial charge is 0.336 e. The summed E-state index contributed by atoms with van der Waals surface area (Å²) in [5.74, 6) is -4.26. The Morgan fingerprint density at radius 2 is 0.972 bits per heavy atom. The second-order valence-electron chi connectivity index (χ2n) is 10.2. The summed E-state index contributed by atoms with van der Waals surface area (Å²) in [6.07, 6.45) is 4.48. The largest absolute Gasteiger partial charge is 0.487 e. The molecule has 2 aromatic carbocycles. The monoisotopic (exact) mass is 496 g/mol. The quantitative estimate of drug-likeness (QED) is 0.419. The zero-order chi connectivity index (χ0) is 25.8. The third kappa shape index (κ3) is 4.12. The van der Waals surface area contributed by atoms with E-state index in [4.69, 9.17) is 9.47 Å². The minimum Gasteiger partial charge on any atom is -0.487 e. The molecule has 0 radical (unpaired) electrons. The molecule has 2 aromatic rings. The van der Waals surface area contributed by atoms with E-state index in [0.717, 1.165) is 32.1 Å². The van der Waals surface area contributed by atoms with E-state index >= 15 is 0 Å². The molecule has 4 fully saturated rings. The van der Waals surface area contributed by atoms with Gasteiger partial charge >= 0.3 is 23.9 Å². The van der Waals surface area contributed by atoms with Crippen molar-refractivity contribution in [2.75, 3.05) is 0 Å². The van der Waals surface area contributed by atoms with Gasteiger partial charge in [-0.1, -0.05) is 0 Å². The highest BCUT2D eigenvalue weighted by atomic mass is 16.5. The molecule has 10 heteroatoms. The summed E-state index contributed by atoms with van der Waals surface area (Å²) < 4.78 is 12.8. The highest BCUT2D eigenvalue weighted by molar-refractivity contribution is 6.02. The zero-order valence-corrected chi connectivity index (χ0v) is 19.1. The van der Waals surface area contributed by atoms with Crippen LogP contribution in [0.25, 0.3) is 0 Å². The lowest BCUT2D eigenvalue weighted by atomic mass is 9.52. The Morgan fingerprint density at radius 1 is 0.611 bits per heavy atom. The van der Waals surface area contributed by atoms with Crippen molar-refractivity contribution in [1.82, 2.24) is 0 Å². The predicted molar refractivity (Wildman–Crippen MR) is 122 cm³/mol. The minimum atomic E-state index is -1.36. The van der Waals surface area contributed by atoms with Crippen LogP contribution < -0.4 is 9.47 Å². The fourth-order valence-corrected chi connectivity index (χ4v) is 6.74. The van der Waals surface area contributed by atoms with Crippen LogP contribution >= 0.6 is 0 Å². The van der Waals surface area contributed by atoms with E-state index in [1.165, 1.54) is 36.4 Å². The molecule has 0 atom stereocenters. The molecule has 188 valence electrons. The van der Waals surface area contributed by atoms with Gasteiger partial charge in [0.1, 0.15) is 22.7 Å². The Hall–Kier alpha value is -4.08. The van der Waals surface area contributed by atoms with E-state index in [1.807, 2.05) is 0 Å². The molecule has 4 saturated carbocycles. The van der Waals surface area contributed by atoms with Crippen LogP contribution in [0.4, 0.5) is 0 Å². The van der Waals surface area contributed by atoms with E-state index in [9.17, 15) is 39.6 Å². The number of carboxylic acids is 4. The first-order valence-corrected chi connectivity index (χ1v) is 11.6. The molecule has 4 bridgehead atoms. The van der Waals surface area contributed by atoms with Crippen LogP contribution in [-0.4, -0.2) is 55.5 Å². The van der Waals surface area contributed by atoms with Gasteiger partial charge in [0.25, 0.3) is 0 Å². The van der Waals surface area contributed by atoms with Gasteiger partial charge in [0.2, 0.25) is 0 Å². The number of hydrogen-bond acceptors (Lipinski definition) is 6. The van der Waals surface area contributed by atoms with E-state index in [-0.39, 0.29) is 33.8 Å². The van der Waals surface area contributed by atoms with Crippen LogP contribution in [0.3, 0.4) is 0 Å². The van der Waals surface area contributed by atoms with Gasteiger partial charge in [0, 0.05) is 6.42 Å². The van der Waals surface area contributed by atoms with Gasteiger partial charge in [0.15, 0.2) is 0 Å². The molecule has 6 rings (SSSR count). The Labute approximate surface area is 205 Å². The maximum Gasteiger partial charge on any atom is 0.336 e. The molecule has 0 amide bonds. The van der Waals surface area contributed by atoms with Crippen LogP contribution in [0.15, 0.2) is 36.4 Å². The molecule has 4 N–H and O–H groups in total. The Balaban J connectivity index is 1.44. The molecule has 0 spiro atoms. The highest BCUT2D eigenvalue weighted by Crippen LogP contribution is 2.60. The van der Waals surface area contributed by atoms with E-state index in [0.29, 0.717) is 18.3 Å². The van der Waals surface area contributed by atoms with Crippen LogP contribution in [0.2, 0.25) is 0 Å². The maximum absolute atomic E-state index is 11.6. The average Bonchev–Trinajstić information content (AvgIpc) is 2.77. The van der Waals surface area contributed by atoms with E-state index in [1.54, 1.807) is 0 Å². The highest BCUT2D eigenvalue weighted by Gasteiger charge is 2.60. The van der Waals surface area contributed by atoms with Crippen molar-refractivity contribution in [1.29, 1.82) is 0 Å². The molecule has 0 heterocycles. The zero-order valence-electron chi connectivity index (χ0n) is 19.1. The molecule has 4 aliphatic carbocycles.